The van der Waals surface area contributed by atoms with Crippen LogP contribution in [0.1, 0.15) is 30.5 Å². The van der Waals surface area contributed by atoms with Crippen LogP contribution in [0.5, 0.6) is 5.75 Å². The maximum Gasteiger partial charge on any atom is 0.118 e. The number of rotatable bonds is 2. The molecule has 122 valence electrons. The number of benzene rings is 2. The normalized spacial score (nSPS) is 20.0. The van der Waals surface area contributed by atoms with Crippen LogP contribution in [0.2, 0.25) is 0 Å². The maximum absolute atomic E-state index is 5.91. The summed E-state index contributed by atoms with van der Waals surface area (Å²) in [5.74, 6) is 0.880. The van der Waals surface area contributed by atoms with Crippen molar-refractivity contribution >= 4 is 11.6 Å². The van der Waals surface area contributed by atoms with Gasteiger partial charge in [0.2, 0.25) is 0 Å². The Bertz CT molecular complexity index is 839. The van der Waals surface area contributed by atoms with E-state index in [1.807, 2.05) is 12.1 Å². The fraction of sp³-hybridized carbons (Fsp3) is 0.273. The number of methoxy groups -OCH3 is 1. The van der Waals surface area contributed by atoms with Gasteiger partial charge in [0.15, 0.2) is 0 Å². The number of ether oxygens (including phenoxy) is 2. The molecule has 2 aliphatic rings. The van der Waals surface area contributed by atoms with Gasteiger partial charge in [-0.15, -0.1) is 0 Å². The van der Waals surface area contributed by atoms with E-state index in [-0.39, 0.29) is 5.41 Å². The van der Waals surface area contributed by atoms with Crippen molar-refractivity contribution in [2.45, 2.75) is 19.3 Å². The Morgan fingerprint density at radius 3 is 2.50 bits per heavy atom. The lowest BCUT2D eigenvalue weighted by Gasteiger charge is -2.29. The molecular weight excluding hydrogens is 296 g/mol. The van der Waals surface area contributed by atoms with Crippen LogP contribution in [0.3, 0.4) is 0 Å². The smallest absolute Gasteiger partial charge is 0.118 e. The highest BCUT2D eigenvalue weighted by atomic mass is 16.5. The average molecular weight is 318 g/mol. The summed E-state index contributed by atoms with van der Waals surface area (Å²) in [6.07, 6.45) is 2.25. The molecule has 4 rings (SSSR count). The summed E-state index contributed by atoms with van der Waals surface area (Å²) in [5.41, 5.74) is 8.01. The van der Waals surface area contributed by atoms with Gasteiger partial charge in [0.1, 0.15) is 5.75 Å². The molecule has 1 heterocycles. The molecule has 2 aromatic carbocycles. The highest BCUT2D eigenvalue weighted by Gasteiger charge is 2.40. The van der Waals surface area contributed by atoms with Crippen molar-refractivity contribution in [2.75, 3.05) is 20.3 Å². The van der Waals surface area contributed by atoms with Crippen molar-refractivity contribution in [3.05, 3.63) is 76.4 Å². The largest absolute Gasteiger partial charge is 0.497 e. The van der Waals surface area contributed by atoms with Crippen LogP contribution < -0.4 is 4.74 Å². The number of hydrogen-bond acceptors (Lipinski definition) is 2. The van der Waals surface area contributed by atoms with Crippen LogP contribution in [-0.4, -0.2) is 20.3 Å². The van der Waals surface area contributed by atoms with Crippen molar-refractivity contribution in [1.82, 2.24) is 0 Å². The Kier molecular flexibility index (Phi) is 3.58. The van der Waals surface area contributed by atoms with E-state index in [9.17, 15) is 0 Å². The Labute approximate surface area is 143 Å². The molecule has 2 aromatic rings. The number of fused-ring (bicyclic) bond motifs is 2. The molecule has 0 saturated heterocycles. The van der Waals surface area contributed by atoms with Gasteiger partial charge in [-0.3, -0.25) is 0 Å². The quantitative estimate of drug-likeness (QED) is 0.788. The summed E-state index contributed by atoms with van der Waals surface area (Å²) in [7, 11) is 1.69. The van der Waals surface area contributed by atoms with E-state index in [1.54, 1.807) is 7.11 Å². The van der Waals surface area contributed by atoms with Crippen LogP contribution in [0.15, 0.2) is 59.7 Å². The van der Waals surface area contributed by atoms with Gasteiger partial charge in [-0.05, 0) is 51.6 Å². The first-order valence-electron chi connectivity index (χ1n) is 8.37. The second kappa shape index (κ2) is 5.64. The zero-order chi connectivity index (χ0) is 16.7. The predicted molar refractivity (Wildman–Crippen MR) is 98.2 cm³/mol. The first-order chi connectivity index (χ1) is 11.6. The summed E-state index contributed by atoms with van der Waals surface area (Å²) in [6.45, 7) is 6.01. The van der Waals surface area contributed by atoms with Crippen LogP contribution in [0.4, 0.5) is 0 Å². The zero-order valence-corrected chi connectivity index (χ0v) is 14.4. The molecule has 0 unspecified atom stereocenters. The molecule has 0 bridgehead atoms. The highest BCUT2D eigenvalue weighted by molar-refractivity contribution is 5.86. The molecule has 0 radical (unpaired) electrons. The van der Waals surface area contributed by atoms with E-state index >= 15 is 0 Å². The Morgan fingerprint density at radius 2 is 1.75 bits per heavy atom. The van der Waals surface area contributed by atoms with E-state index in [0.29, 0.717) is 13.2 Å². The van der Waals surface area contributed by atoms with Gasteiger partial charge in [-0.25, -0.2) is 0 Å². The van der Waals surface area contributed by atoms with Crippen LogP contribution in [0.25, 0.3) is 11.6 Å². The van der Waals surface area contributed by atoms with Crippen molar-refractivity contribution in [2.24, 2.45) is 0 Å². The second-order valence-corrected chi connectivity index (χ2v) is 6.96. The van der Waals surface area contributed by atoms with Gasteiger partial charge in [0.25, 0.3) is 0 Å². The summed E-state index contributed by atoms with van der Waals surface area (Å²) in [4.78, 5) is 0. The molecule has 1 aliphatic carbocycles. The van der Waals surface area contributed by atoms with E-state index in [0.717, 1.165) is 5.75 Å². The van der Waals surface area contributed by atoms with Gasteiger partial charge in [0, 0.05) is 5.41 Å². The molecule has 0 N–H and O–H groups in total. The summed E-state index contributed by atoms with van der Waals surface area (Å²) >= 11 is 0. The van der Waals surface area contributed by atoms with E-state index in [2.05, 4.69) is 56.3 Å². The molecule has 0 fully saturated rings. The Hall–Kier alpha value is -2.32. The minimum absolute atomic E-state index is 0.0218. The van der Waals surface area contributed by atoms with Crippen molar-refractivity contribution < 1.29 is 9.47 Å². The molecule has 0 aromatic heterocycles. The first-order valence-corrected chi connectivity index (χ1v) is 8.37. The summed E-state index contributed by atoms with van der Waals surface area (Å²) < 4.78 is 11.2. The number of hydrogen-bond donors (Lipinski definition) is 0. The third-order valence-corrected chi connectivity index (χ3v) is 5.13. The van der Waals surface area contributed by atoms with Crippen LogP contribution >= 0.6 is 0 Å². The lowest BCUT2D eigenvalue weighted by molar-refractivity contribution is 0.186. The Morgan fingerprint density at radius 1 is 1.00 bits per heavy atom. The third-order valence-electron chi connectivity index (χ3n) is 5.13. The molecule has 0 spiro atoms. The highest BCUT2D eigenvalue weighted by Crippen LogP contribution is 2.50. The Balaban J connectivity index is 1.81. The lowest BCUT2D eigenvalue weighted by atomic mass is 9.77. The van der Waals surface area contributed by atoms with Gasteiger partial charge < -0.3 is 9.47 Å². The molecule has 2 heteroatoms. The maximum atomic E-state index is 5.91. The van der Waals surface area contributed by atoms with Crippen molar-refractivity contribution in [1.29, 1.82) is 0 Å². The third kappa shape index (κ3) is 2.30. The molecule has 2 nitrogen and oxygen atoms in total. The minimum Gasteiger partial charge on any atom is -0.497 e. The second-order valence-electron chi connectivity index (χ2n) is 6.96. The predicted octanol–water partition coefficient (Wildman–Crippen LogP) is 4.85. The fourth-order valence-corrected chi connectivity index (χ4v) is 4.03. The van der Waals surface area contributed by atoms with E-state index < -0.39 is 0 Å². The summed E-state index contributed by atoms with van der Waals surface area (Å²) in [5, 5.41) is 0. The van der Waals surface area contributed by atoms with E-state index in [1.165, 1.54) is 33.4 Å². The lowest BCUT2D eigenvalue weighted by Crippen LogP contribution is -2.22. The first kappa shape index (κ1) is 15.2. The van der Waals surface area contributed by atoms with E-state index in [4.69, 9.17) is 9.47 Å². The summed E-state index contributed by atoms with van der Waals surface area (Å²) in [6, 6.07) is 16.9. The average Bonchev–Trinajstić information content (AvgIpc) is 2.85. The van der Waals surface area contributed by atoms with Crippen LogP contribution in [-0.2, 0) is 10.2 Å². The molecular formula is C22H22O2. The van der Waals surface area contributed by atoms with Crippen molar-refractivity contribution in [3.8, 4) is 5.75 Å². The fourth-order valence-electron chi connectivity index (χ4n) is 4.03. The molecule has 0 saturated carbocycles. The van der Waals surface area contributed by atoms with Gasteiger partial charge in [-0.1, -0.05) is 50.2 Å². The van der Waals surface area contributed by atoms with Gasteiger partial charge in [0.05, 0.1) is 20.3 Å². The molecule has 0 atom stereocenters. The van der Waals surface area contributed by atoms with Gasteiger partial charge in [-0.2, -0.15) is 0 Å². The van der Waals surface area contributed by atoms with Crippen LogP contribution in [0, 0.1) is 0 Å². The van der Waals surface area contributed by atoms with Gasteiger partial charge >= 0.3 is 0 Å². The molecule has 24 heavy (non-hydrogen) atoms. The standard InChI is InChI=1S/C22H22O2/c1-22(2)20-7-5-4-6-18(20)19-14-24-13-16(21(19)22)12-15-8-10-17(23-3)11-9-15/h4-12H,13-14H2,1-3H3/b16-12+. The SMILES string of the molecule is COc1ccc(/C=C2\COCC3=C2C(C)(C)c2ccccc23)cc1. The zero-order valence-electron chi connectivity index (χ0n) is 14.4. The topological polar surface area (TPSA) is 18.5 Å². The monoisotopic (exact) mass is 318 g/mol. The molecule has 0 amide bonds. The van der Waals surface area contributed by atoms with Crippen molar-refractivity contribution in [3.63, 3.8) is 0 Å². The minimum atomic E-state index is 0.0218. The molecule has 1 aliphatic heterocycles.